The molecule has 0 aliphatic carbocycles. The molecule has 0 radical (unpaired) electrons. The van der Waals surface area contributed by atoms with Crippen LogP contribution < -0.4 is 14.4 Å². The first-order chi connectivity index (χ1) is 8.97. The lowest BCUT2D eigenvalue weighted by atomic mass is 10.2. The SMILES string of the molecule is CCCN1CC(C)Oc2ccc(S(=O)(=O)NC)cc21. The summed E-state index contributed by atoms with van der Waals surface area (Å²) >= 11 is 0. The second-order valence-corrected chi connectivity index (χ2v) is 6.60. The van der Waals surface area contributed by atoms with E-state index in [1.807, 2.05) is 6.92 Å². The van der Waals surface area contributed by atoms with Crippen LogP contribution in [-0.4, -0.2) is 34.7 Å². The second-order valence-electron chi connectivity index (χ2n) is 4.71. The molecule has 0 amide bonds. The van der Waals surface area contributed by atoms with Gasteiger partial charge in [-0.15, -0.1) is 0 Å². The van der Waals surface area contributed by atoms with Gasteiger partial charge in [-0.2, -0.15) is 0 Å². The van der Waals surface area contributed by atoms with Crippen LogP contribution in [0.1, 0.15) is 20.3 Å². The van der Waals surface area contributed by atoms with Gasteiger partial charge in [0.15, 0.2) is 0 Å². The van der Waals surface area contributed by atoms with Crippen LogP contribution in [0.4, 0.5) is 5.69 Å². The molecular formula is C13H20N2O3S. The Hall–Kier alpha value is -1.27. The summed E-state index contributed by atoms with van der Waals surface area (Å²) in [7, 11) is -2.00. The summed E-state index contributed by atoms with van der Waals surface area (Å²) in [5, 5.41) is 0. The molecule has 0 aromatic heterocycles. The third-order valence-electron chi connectivity index (χ3n) is 3.15. The number of rotatable bonds is 4. The van der Waals surface area contributed by atoms with Gasteiger partial charge in [0.05, 0.1) is 17.1 Å². The molecule has 0 bridgehead atoms. The predicted molar refractivity (Wildman–Crippen MR) is 75.3 cm³/mol. The van der Waals surface area contributed by atoms with E-state index in [4.69, 9.17) is 4.74 Å². The fourth-order valence-corrected chi connectivity index (χ4v) is 3.02. The monoisotopic (exact) mass is 284 g/mol. The normalized spacial score (nSPS) is 18.9. The molecule has 6 heteroatoms. The van der Waals surface area contributed by atoms with Crippen molar-refractivity contribution in [3.63, 3.8) is 0 Å². The van der Waals surface area contributed by atoms with Crippen molar-refractivity contribution in [1.82, 2.24) is 4.72 Å². The van der Waals surface area contributed by atoms with Crippen LogP contribution in [0.2, 0.25) is 0 Å². The largest absolute Gasteiger partial charge is 0.487 e. The third kappa shape index (κ3) is 2.84. The average Bonchev–Trinajstić information content (AvgIpc) is 2.38. The van der Waals surface area contributed by atoms with E-state index in [2.05, 4.69) is 16.5 Å². The number of nitrogens with zero attached hydrogens (tertiary/aromatic N) is 1. The molecule has 2 rings (SSSR count). The standard InChI is InChI=1S/C13H20N2O3S/c1-4-7-15-9-10(2)18-13-6-5-11(8-12(13)15)19(16,17)14-3/h5-6,8,10,14H,4,7,9H2,1-3H3. The van der Waals surface area contributed by atoms with Crippen LogP contribution >= 0.6 is 0 Å². The van der Waals surface area contributed by atoms with E-state index in [1.54, 1.807) is 18.2 Å². The summed E-state index contributed by atoms with van der Waals surface area (Å²) in [4.78, 5) is 2.45. The van der Waals surface area contributed by atoms with E-state index in [1.165, 1.54) is 7.05 Å². The van der Waals surface area contributed by atoms with E-state index in [0.717, 1.165) is 30.9 Å². The highest BCUT2D eigenvalue weighted by atomic mass is 32.2. The highest BCUT2D eigenvalue weighted by Gasteiger charge is 2.24. The predicted octanol–water partition coefficient (Wildman–Crippen LogP) is 1.59. The molecule has 5 nitrogen and oxygen atoms in total. The highest BCUT2D eigenvalue weighted by Crippen LogP contribution is 2.35. The number of fused-ring (bicyclic) bond motifs is 1. The Bertz CT molecular complexity index is 557. The van der Waals surface area contributed by atoms with Gasteiger partial charge in [-0.1, -0.05) is 6.92 Å². The summed E-state index contributed by atoms with van der Waals surface area (Å²) in [6.45, 7) is 5.80. The number of ether oxygens (including phenoxy) is 1. The van der Waals surface area contributed by atoms with Crippen molar-refractivity contribution in [1.29, 1.82) is 0 Å². The Morgan fingerprint density at radius 1 is 1.47 bits per heavy atom. The molecule has 1 aliphatic rings. The summed E-state index contributed by atoms with van der Waals surface area (Å²) in [5.41, 5.74) is 0.858. The first kappa shape index (κ1) is 14.1. The van der Waals surface area contributed by atoms with Gasteiger partial charge in [-0.3, -0.25) is 0 Å². The minimum Gasteiger partial charge on any atom is -0.487 e. The van der Waals surface area contributed by atoms with Gasteiger partial charge in [0.2, 0.25) is 10.0 Å². The zero-order valence-electron chi connectivity index (χ0n) is 11.5. The van der Waals surface area contributed by atoms with Gasteiger partial charge < -0.3 is 9.64 Å². The summed E-state index contributed by atoms with van der Waals surface area (Å²) in [6, 6.07) is 4.99. The summed E-state index contributed by atoms with van der Waals surface area (Å²) in [5.74, 6) is 0.752. The number of nitrogens with one attached hydrogen (secondary N) is 1. The number of hydrogen-bond acceptors (Lipinski definition) is 4. The second kappa shape index (κ2) is 5.38. The lowest BCUT2D eigenvalue weighted by molar-refractivity contribution is 0.212. The molecule has 1 aliphatic heterocycles. The quantitative estimate of drug-likeness (QED) is 0.912. The number of benzene rings is 1. The van der Waals surface area contributed by atoms with E-state index >= 15 is 0 Å². The molecule has 0 spiro atoms. The van der Waals surface area contributed by atoms with Crippen LogP contribution in [0, 0.1) is 0 Å². The van der Waals surface area contributed by atoms with E-state index < -0.39 is 10.0 Å². The molecule has 0 fully saturated rings. The fourth-order valence-electron chi connectivity index (χ4n) is 2.27. The lowest BCUT2D eigenvalue weighted by Gasteiger charge is -2.35. The minimum atomic E-state index is -3.42. The Morgan fingerprint density at radius 3 is 2.84 bits per heavy atom. The van der Waals surface area contributed by atoms with Gasteiger partial charge in [0, 0.05) is 6.54 Å². The van der Waals surface area contributed by atoms with Crippen LogP contribution in [0.3, 0.4) is 0 Å². The Kier molecular flexibility index (Phi) is 4.01. The van der Waals surface area contributed by atoms with Gasteiger partial charge in [-0.05, 0) is 38.6 Å². The van der Waals surface area contributed by atoms with Crippen molar-refractivity contribution in [3.8, 4) is 5.75 Å². The Morgan fingerprint density at radius 2 is 2.21 bits per heavy atom. The number of anilines is 1. The molecule has 0 saturated carbocycles. The molecule has 1 aromatic rings. The van der Waals surface area contributed by atoms with Crippen molar-refractivity contribution in [2.45, 2.75) is 31.3 Å². The zero-order valence-corrected chi connectivity index (χ0v) is 12.3. The average molecular weight is 284 g/mol. The molecule has 106 valence electrons. The van der Waals surface area contributed by atoms with Crippen molar-refractivity contribution in [3.05, 3.63) is 18.2 Å². The van der Waals surface area contributed by atoms with Gasteiger partial charge in [-0.25, -0.2) is 13.1 Å². The molecule has 1 heterocycles. The lowest BCUT2D eigenvalue weighted by Crippen LogP contribution is -2.39. The molecule has 1 aromatic carbocycles. The van der Waals surface area contributed by atoms with Gasteiger partial charge in [0.1, 0.15) is 11.9 Å². The fraction of sp³-hybridized carbons (Fsp3) is 0.538. The number of sulfonamides is 1. The van der Waals surface area contributed by atoms with Crippen LogP contribution in [0.25, 0.3) is 0 Å². The van der Waals surface area contributed by atoms with Crippen molar-refractivity contribution >= 4 is 15.7 Å². The maximum absolute atomic E-state index is 11.8. The van der Waals surface area contributed by atoms with E-state index in [-0.39, 0.29) is 11.0 Å². The first-order valence-electron chi connectivity index (χ1n) is 6.47. The van der Waals surface area contributed by atoms with Crippen LogP contribution in [0.5, 0.6) is 5.75 Å². The molecule has 0 saturated heterocycles. The van der Waals surface area contributed by atoms with E-state index in [9.17, 15) is 8.42 Å². The highest BCUT2D eigenvalue weighted by molar-refractivity contribution is 7.89. The van der Waals surface area contributed by atoms with Crippen molar-refractivity contribution in [2.24, 2.45) is 0 Å². The first-order valence-corrected chi connectivity index (χ1v) is 7.95. The van der Waals surface area contributed by atoms with Crippen LogP contribution in [0.15, 0.2) is 23.1 Å². The molecule has 1 unspecified atom stereocenters. The maximum atomic E-state index is 11.8. The smallest absolute Gasteiger partial charge is 0.240 e. The summed E-state index contributed by atoms with van der Waals surface area (Å²) < 4.78 is 31.8. The molecule has 1 N–H and O–H groups in total. The van der Waals surface area contributed by atoms with Gasteiger partial charge in [0.25, 0.3) is 0 Å². The summed E-state index contributed by atoms with van der Waals surface area (Å²) in [6.07, 6.45) is 1.13. The molecule has 1 atom stereocenters. The van der Waals surface area contributed by atoms with Crippen molar-refractivity contribution < 1.29 is 13.2 Å². The van der Waals surface area contributed by atoms with Gasteiger partial charge >= 0.3 is 0 Å². The maximum Gasteiger partial charge on any atom is 0.240 e. The van der Waals surface area contributed by atoms with Crippen molar-refractivity contribution in [2.75, 3.05) is 25.0 Å². The minimum absolute atomic E-state index is 0.116. The topological polar surface area (TPSA) is 58.6 Å². The zero-order chi connectivity index (χ0) is 14.0. The molecular weight excluding hydrogens is 264 g/mol. The molecule has 19 heavy (non-hydrogen) atoms. The Labute approximate surface area is 114 Å². The third-order valence-corrected chi connectivity index (χ3v) is 4.56. The number of hydrogen-bond donors (Lipinski definition) is 1. The van der Waals surface area contributed by atoms with Crippen LogP contribution in [-0.2, 0) is 10.0 Å². The van der Waals surface area contributed by atoms with E-state index in [0.29, 0.717) is 0 Å². The Balaban J connectivity index is 2.45.